The maximum atomic E-state index is 13.7. The van der Waals surface area contributed by atoms with Crippen molar-refractivity contribution in [3.05, 3.63) is 30.5 Å². The number of hydrogen-bond donors (Lipinski definition) is 0. The number of nitrogens with zero attached hydrogens (tertiary/aromatic N) is 2. The van der Waals surface area contributed by atoms with E-state index in [1.807, 2.05) is 6.07 Å². The summed E-state index contributed by atoms with van der Waals surface area (Å²) in [6.45, 7) is 4.75. The highest BCUT2D eigenvalue weighted by Crippen LogP contribution is 2.28. The monoisotopic (exact) mass is 354 g/mol. The van der Waals surface area contributed by atoms with E-state index >= 15 is 0 Å². The standard InChI is InChI=1S/C16H19FN2O4S/c1-16(2,17)24(20,21)23-14-3-4-15-12(10-14)9-13(11-18-15)19-5-7-22-8-6-19/h3-4,9-11H,5-8H2,1-2H3. The summed E-state index contributed by atoms with van der Waals surface area (Å²) in [5.74, 6) is 0.0640. The second-order valence-electron chi connectivity index (χ2n) is 6.05. The summed E-state index contributed by atoms with van der Waals surface area (Å²) in [6, 6.07) is 6.57. The van der Waals surface area contributed by atoms with Gasteiger partial charge in [0, 0.05) is 18.5 Å². The van der Waals surface area contributed by atoms with E-state index in [9.17, 15) is 12.8 Å². The second-order valence-corrected chi connectivity index (χ2v) is 8.09. The summed E-state index contributed by atoms with van der Waals surface area (Å²) >= 11 is 0. The predicted molar refractivity (Wildman–Crippen MR) is 89.5 cm³/mol. The molecule has 1 aliphatic rings. The van der Waals surface area contributed by atoms with Crippen LogP contribution in [-0.2, 0) is 14.9 Å². The van der Waals surface area contributed by atoms with E-state index in [1.165, 1.54) is 6.07 Å². The summed E-state index contributed by atoms with van der Waals surface area (Å²) in [6.07, 6.45) is 1.77. The van der Waals surface area contributed by atoms with E-state index in [0.717, 1.165) is 38.0 Å². The van der Waals surface area contributed by atoms with Crippen molar-refractivity contribution >= 4 is 26.7 Å². The van der Waals surface area contributed by atoms with Gasteiger partial charge in [0.2, 0.25) is 5.00 Å². The largest absolute Gasteiger partial charge is 0.380 e. The van der Waals surface area contributed by atoms with Crippen LogP contribution in [0.4, 0.5) is 10.1 Å². The number of halogens is 1. The van der Waals surface area contributed by atoms with Gasteiger partial charge in [-0.25, -0.2) is 4.39 Å². The molecule has 2 aromatic rings. The maximum absolute atomic E-state index is 13.7. The van der Waals surface area contributed by atoms with Crippen LogP contribution >= 0.6 is 0 Å². The normalized spacial score (nSPS) is 16.4. The van der Waals surface area contributed by atoms with Crippen LogP contribution in [0.15, 0.2) is 30.5 Å². The molecule has 0 N–H and O–H groups in total. The fraction of sp³-hybridized carbons (Fsp3) is 0.438. The number of pyridine rings is 1. The van der Waals surface area contributed by atoms with Gasteiger partial charge in [-0.05, 0) is 38.1 Å². The number of aromatic nitrogens is 1. The number of alkyl halides is 1. The predicted octanol–water partition coefficient (Wildman–Crippen LogP) is 2.49. The van der Waals surface area contributed by atoms with Gasteiger partial charge in [0.15, 0.2) is 0 Å². The lowest BCUT2D eigenvalue weighted by Gasteiger charge is -2.28. The maximum Gasteiger partial charge on any atom is 0.344 e. The third-order valence-electron chi connectivity index (χ3n) is 3.81. The Bertz CT molecular complexity index is 843. The molecule has 1 aromatic heterocycles. The minimum atomic E-state index is -4.36. The van der Waals surface area contributed by atoms with E-state index < -0.39 is 15.1 Å². The van der Waals surface area contributed by atoms with E-state index in [0.29, 0.717) is 18.7 Å². The lowest BCUT2D eigenvalue weighted by Crippen LogP contribution is -2.36. The SMILES string of the molecule is CC(C)(F)S(=O)(=O)Oc1ccc2ncc(N3CCOCC3)cc2c1. The van der Waals surface area contributed by atoms with Gasteiger partial charge in [-0.2, -0.15) is 8.42 Å². The molecule has 6 nitrogen and oxygen atoms in total. The van der Waals surface area contributed by atoms with Crippen LogP contribution in [0.3, 0.4) is 0 Å². The smallest absolute Gasteiger partial charge is 0.344 e. The Morgan fingerprint density at radius 1 is 1.25 bits per heavy atom. The Hall–Kier alpha value is -1.93. The molecule has 0 unspecified atom stereocenters. The molecule has 130 valence electrons. The zero-order chi connectivity index (χ0) is 17.4. The first-order valence-electron chi connectivity index (χ1n) is 7.62. The third kappa shape index (κ3) is 3.44. The molecule has 1 aromatic carbocycles. The summed E-state index contributed by atoms with van der Waals surface area (Å²) < 4.78 is 47.6. The zero-order valence-electron chi connectivity index (χ0n) is 13.5. The summed E-state index contributed by atoms with van der Waals surface area (Å²) in [7, 11) is -4.36. The van der Waals surface area contributed by atoms with E-state index in [-0.39, 0.29) is 5.75 Å². The highest BCUT2D eigenvalue weighted by molar-refractivity contribution is 7.88. The Morgan fingerprint density at radius 2 is 1.96 bits per heavy atom. The highest BCUT2D eigenvalue weighted by atomic mass is 32.2. The molecule has 8 heteroatoms. The van der Waals surface area contributed by atoms with Crippen LogP contribution in [0.5, 0.6) is 5.75 Å². The lowest BCUT2D eigenvalue weighted by atomic mass is 10.2. The molecule has 0 radical (unpaired) electrons. The third-order valence-corrected chi connectivity index (χ3v) is 5.42. The van der Waals surface area contributed by atoms with Crippen LogP contribution in [-0.4, -0.2) is 44.7 Å². The molecule has 0 saturated carbocycles. The fourth-order valence-corrected chi connectivity index (χ4v) is 2.93. The van der Waals surface area contributed by atoms with Gasteiger partial charge >= 0.3 is 10.1 Å². The second kappa shape index (κ2) is 6.18. The van der Waals surface area contributed by atoms with Gasteiger partial charge in [-0.15, -0.1) is 0 Å². The van der Waals surface area contributed by atoms with Gasteiger partial charge in [0.1, 0.15) is 5.75 Å². The molecule has 24 heavy (non-hydrogen) atoms. The van der Waals surface area contributed by atoms with E-state index in [4.69, 9.17) is 8.92 Å². The first kappa shape index (κ1) is 16.9. The molecule has 0 bridgehead atoms. The summed E-state index contributed by atoms with van der Waals surface area (Å²) in [5.41, 5.74) is 1.63. The van der Waals surface area contributed by atoms with Crippen molar-refractivity contribution in [1.82, 2.24) is 4.98 Å². The van der Waals surface area contributed by atoms with E-state index in [2.05, 4.69) is 9.88 Å². The molecule has 0 amide bonds. The molecular weight excluding hydrogens is 335 g/mol. The van der Waals surface area contributed by atoms with Crippen molar-refractivity contribution in [3.63, 3.8) is 0 Å². The molecule has 0 aliphatic carbocycles. The Kier molecular flexibility index (Phi) is 4.35. The van der Waals surface area contributed by atoms with Gasteiger partial charge in [0.25, 0.3) is 0 Å². The van der Waals surface area contributed by atoms with Crippen molar-refractivity contribution in [3.8, 4) is 5.75 Å². The van der Waals surface area contributed by atoms with Gasteiger partial charge in [0.05, 0.1) is 30.6 Å². The Balaban J connectivity index is 1.92. The number of anilines is 1. The Labute approximate surface area is 140 Å². The van der Waals surface area contributed by atoms with Crippen molar-refractivity contribution in [2.75, 3.05) is 31.2 Å². The van der Waals surface area contributed by atoms with Crippen molar-refractivity contribution in [2.24, 2.45) is 0 Å². The van der Waals surface area contributed by atoms with Gasteiger partial charge < -0.3 is 13.8 Å². The average molecular weight is 354 g/mol. The molecule has 1 fully saturated rings. The lowest BCUT2D eigenvalue weighted by molar-refractivity contribution is 0.122. The summed E-state index contributed by atoms with van der Waals surface area (Å²) in [5, 5.41) is -1.75. The van der Waals surface area contributed by atoms with Crippen LogP contribution < -0.4 is 9.08 Å². The summed E-state index contributed by atoms with van der Waals surface area (Å²) in [4.78, 5) is 6.52. The van der Waals surface area contributed by atoms with Gasteiger partial charge in [-0.3, -0.25) is 4.98 Å². The zero-order valence-corrected chi connectivity index (χ0v) is 14.3. The van der Waals surface area contributed by atoms with Gasteiger partial charge in [-0.1, -0.05) is 0 Å². The van der Waals surface area contributed by atoms with Crippen LogP contribution in [0.2, 0.25) is 0 Å². The molecule has 3 rings (SSSR count). The number of hydrogen-bond acceptors (Lipinski definition) is 6. The molecule has 1 saturated heterocycles. The first-order valence-corrected chi connectivity index (χ1v) is 9.02. The fourth-order valence-electron chi connectivity index (χ4n) is 2.37. The van der Waals surface area contributed by atoms with Crippen molar-refractivity contribution in [1.29, 1.82) is 0 Å². The van der Waals surface area contributed by atoms with Crippen LogP contribution in [0.25, 0.3) is 10.9 Å². The molecule has 0 spiro atoms. The topological polar surface area (TPSA) is 68.7 Å². The quantitative estimate of drug-likeness (QED) is 0.786. The average Bonchev–Trinajstić information content (AvgIpc) is 2.53. The molecule has 2 heterocycles. The van der Waals surface area contributed by atoms with Crippen LogP contribution in [0.1, 0.15) is 13.8 Å². The minimum Gasteiger partial charge on any atom is -0.380 e. The number of benzene rings is 1. The first-order chi connectivity index (χ1) is 11.3. The van der Waals surface area contributed by atoms with Crippen LogP contribution in [0, 0.1) is 0 Å². The van der Waals surface area contributed by atoms with Crippen molar-refractivity contribution < 1.29 is 21.7 Å². The number of ether oxygens (including phenoxy) is 1. The number of fused-ring (bicyclic) bond motifs is 1. The molecule has 0 atom stereocenters. The van der Waals surface area contributed by atoms with E-state index in [1.54, 1.807) is 18.3 Å². The minimum absolute atomic E-state index is 0.0640. The highest BCUT2D eigenvalue weighted by Gasteiger charge is 2.36. The number of rotatable bonds is 4. The van der Waals surface area contributed by atoms with Crippen molar-refractivity contribution in [2.45, 2.75) is 18.8 Å². The Morgan fingerprint density at radius 3 is 2.62 bits per heavy atom. The molecule has 1 aliphatic heterocycles. The molecular formula is C16H19FN2O4S. The number of morpholine rings is 1.